The van der Waals surface area contributed by atoms with Gasteiger partial charge in [0.2, 0.25) is 0 Å². The highest BCUT2D eigenvalue weighted by Crippen LogP contribution is 2.20. The van der Waals surface area contributed by atoms with Gasteiger partial charge in [0, 0.05) is 19.5 Å². The number of nitrogens with zero attached hydrogens (tertiary/aromatic N) is 1. The van der Waals surface area contributed by atoms with Gasteiger partial charge in [-0.1, -0.05) is 11.8 Å². The Morgan fingerprint density at radius 2 is 2.14 bits per heavy atom. The van der Waals surface area contributed by atoms with Crippen LogP contribution >= 0.6 is 0 Å². The van der Waals surface area contributed by atoms with Crippen molar-refractivity contribution in [3.63, 3.8) is 0 Å². The second-order valence-electron chi connectivity index (χ2n) is 8.05. The predicted molar refractivity (Wildman–Crippen MR) is 106 cm³/mol. The van der Waals surface area contributed by atoms with Crippen LogP contribution in [-0.4, -0.2) is 55.7 Å². The van der Waals surface area contributed by atoms with Crippen LogP contribution in [0.25, 0.3) is 0 Å². The van der Waals surface area contributed by atoms with Gasteiger partial charge in [-0.2, -0.15) is 0 Å². The second kappa shape index (κ2) is 11.1. The van der Waals surface area contributed by atoms with Gasteiger partial charge in [0.25, 0.3) is 0 Å². The summed E-state index contributed by atoms with van der Waals surface area (Å²) in [6.07, 6.45) is 8.32. The van der Waals surface area contributed by atoms with Crippen molar-refractivity contribution < 1.29 is 23.4 Å². The van der Waals surface area contributed by atoms with Crippen LogP contribution in [0.3, 0.4) is 0 Å². The first kappa shape index (κ1) is 22.3. The van der Waals surface area contributed by atoms with Crippen LogP contribution in [0.4, 0.5) is 9.18 Å². The quantitative estimate of drug-likeness (QED) is 0.633. The summed E-state index contributed by atoms with van der Waals surface area (Å²) >= 11 is 0. The Morgan fingerprint density at radius 1 is 1.32 bits per heavy atom. The van der Waals surface area contributed by atoms with E-state index in [9.17, 15) is 9.18 Å². The molecule has 0 spiro atoms. The topological polar surface area (TPSA) is 48.0 Å². The van der Waals surface area contributed by atoms with Crippen LogP contribution in [0.1, 0.15) is 46.5 Å². The predicted octanol–water partition coefficient (Wildman–Crippen LogP) is 4.24. The Labute approximate surface area is 167 Å². The molecule has 1 amide bonds. The van der Waals surface area contributed by atoms with Crippen molar-refractivity contribution in [2.75, 3.05) is 33.0 Å². The van der Waals surface area contributed by atoms with E-state index in [0.717, 1.165) is 19.3 Å². The second-order valence-corrected chi connectivity index (χ2v) is 8.05. The Morgan fingerprint density at radius 3 is 2.89 bits per heavy atom. The average Bonchev–Trinajstić information content (AvgIpc) is 2.85. The molecule has 2 aliphatic rings. The molecule has 1 saturated heterocycles. The summed E-state index contributed by atoms with van der Waals surface area (Å²) < 4.78 is 29.1. The van der Waals surface area contributed by atoms with E-state index >= 15 is 0 Å². The highest BCUT2D eigenvalue weighted by molar-refractivity contribution is 5.68. The largest absolute Gasteiger partial charge is 0.491 e. The van der Waals surface area contributed by atoms with Gasteiger partial charge >= 0.3 is 6.09 Å². The lowest BCUT2D eigenvalue weighted by Crippen LogP contribution is -2.37. The van der Waals surface area contributed by atoms with Gasteiger partial charge < -0.3 is 19.1 Å². The molecule has 0 saturated carbocycles. The molecule has 0 radical (unpaired) electrons. The van der Waals surface area contributed by atoms with E-state index in [1.54, 1.807) is 11.0 Å². The lowest BCUT2D eigenvalue weighted by atomic mass is 10.0. The maximum Gasteiger partial charge on any atom is 0.410 e. The molecule has 2 atom stereocenters. The number of ether oxygens (including phenoxy) is 3. The molecular weight excluding hydrogens is 361 g/mol. The van der Waals surface area contributed by atoms with E-state index in [1.807, 2.05) is 32.9 Å². The summed E-state index contributed by atoms with van der Waals surface area (Å²) in [5.74, 6) is 7.14. The first-order chi connectivity index (χ1) is 13.4. The smallest absolute Gasteiger partial charge is 0.410 e. The molecule has 6 heteroatoms. The number of rotatable bonds is 6. The molecule has 0 aromatic heterocycles. The zero-order valence-electron chi connectivity index (χ0n) is 17.2. The van der Waals surface area contributed by atoms with E-state index in [-0.39, 0.29) is 18.8 Å². The maximum atomic E-state index is 12.3. The fourth-order valence-electron chi connectivity index (χ4n) is 3.05. The zero-order chi connectivity index (χ0) is 20.4. The van der Waals surface area contributed by atoms with Crippen molar-refractivity contribution in [1.29, 1.82) is 0 Å². The molecule has 2 rings (SSSR count). The molecule has 0 aromatic carbocycles. The molecule has 0 bridgehead atoms. The number of carbonyl (C=O) groups is 1. The lowest BCUT2D eigenvalue weighted by Gasteiger charge is -2.26. The molecule has 5 nitrogen and oxygen atoms in total. The molecule has 156 valence electrons. The number of carbonyl (C=O) groups excluding carboxylic acids is 1. The molecule has 28 heavy (non-hydrogen) atoms. The zero-order valence-corrected chi connectivity index (χ0v) is 17.2. The van der Waals surface area contributed by atoms with Crippen molar-refractivity contribution in [3.05, 3.63) is 24.0 Å². The van der Waals surface area contributed by atoms with Gasteiger partial charge in [-0.3, -0.25) is 0 Å². The van der Waals surface area contributed by atoms with Crippen molar-refractivity contribution in [2.24, 2.45) is 5.92 Å². The van der Waals surface area contributed by atoms with E-state index in [4.69, 9.17) is 14.2 Å². The van der Waals surface area contributed by atoms with Gasteiger partial charge in [-0.25, -0.2) is 9.18 Å². The summed E-state index contributed by atoms with van der Waals surface area (Å²) in [7, 11) is 0. The molecule has 1 aliphatic heterocycles. The molecule has 1 aliphatic carbocycles. The third-order valence-electron chi connectivity index (χ3n) is 4.44. The van der Waals surface area contributed by atoms with Gasteiger partial charge in [-0.05, 0) is 64.2 Å². The molecule has 2 unspecified atom stereocenters. The number of alkyl halides is 1. The van der Waals surface area contributed by atoms with Crippen molar-refractivity contribution in [1.82, 2.24) is 4.90 Å². The Bertz CT molecular complexity index is 627. The van der Waals surface area contributed by atoms with Crippen LogP contribution in [0.2, 0.25) is 0 Å². The van der Waals surface area contributed by atoms with Crippen LogP contribution < -0.4 is 0 Å². The fraction of sp³-hybridized carbons (Fsp3) is 0.682. The number of allylic oxidation sites excluding steroid dienone is 2. The van der Waals surface area contributed by atoms with Gasteiger partial charge in [-0.15, -0.1) is 0 Å². The maximum absolute atomic E-state index is 12.3. The summed E-state index contributed by atoms with van der Waals surface area (Å²) in [5.41, 5.74) is -0.476. The third-order valence-corrected chi connectivity index (χ3v) is 4.44. The van der Waals surface area contributed by atoms with Crippen LogP contribution in [0, 0.1) is 17.8 Å². The molecular formula is C22H32FNO4. The number of hydrogen-bond donors (Lipinski definition) is 0. The van der Waals surface area contributed by atoms with Crippen molar-refractivity contribution in [2.45, 2.75) is 58.2 Å². The Hall–Kier alpha value is -2.00. The first-order valence-electron chi connectivity index (χ1n) is 10.0. The number of amides is 1. The number of likely N-dealkylation sites (tertiary alicyclic amines) is 1. The van der Waals surface area contributed by atoms with Gasteiger partial charge in [0.05, 0.1) is 6.61 Å². The summed E-state index contributed by atoms with van der Waals surface area (Å²) in [6.45, 7) is 7.17. The van der Waals surface area contributed by atoms with E-state index in [0.29, 0.717) is 37.8 Å². The van der Waals surface area contributed by atoms with Gasteiger partial charge in [0.1, 0.15) is 30.7 Å². The van der Waals surface area contributed by atoms with Gasteiger partial charge in [0.15, 0.2) is 0 Å². The van der Waals surface area contributed by atoms with Crippen molar-refractivity contribution in [3.8, 4) is 11.8 Å². The van der Waals surface area contributed by atoms with Crippen LogP contribution in [0.15, 0.2) is 24.0 Å². The standard InChI is InChI=1S/C22H32FNO4/c1-22(2,3)28-21(25)24-14-6-7-18(12-15-24)17-27-20-9-5-4-8-19(10-11-20)26-16-13-23/h8,10-11,18,20H,4,6-7,12-17H2,1-3H3/b11-10?,19-8+. The number of halogens is 1. The Balaban J connectivity index is 1.80. The minimum atomic E-state index is -0.515. The van der Waals surface area contributed by atoms with Crippen LogP contribution in [0.5, 0.6) is 0 Å². The summed E-state index contributed by atoms with van der Waals surface area (Å²) in [4.78, 5) is 14.1. The van der Waals surface area contributed by atoms with Crippen LogP contribution in [-0.2, 0) is 14.2 Å². The normalized spacial score (nSPS) is 24.7. The van der Waals surface area contributed by atoms with Crippen molar-refractivity contribution >= 4 is 6.09 Å². The fourth-order valence-corrected chi connectivity index (χ4v) is 3.05. The molecule has 0 aromatic rings. The summed E-state index contributed by atoms with van der Waals surface area (Å²) in [6, 6.07) is 0. The minimum Gasteiger partial charge on any atom is -0.491 e. The highest BCUT2D eigenvalue weighted by Gasteiger charge is 2.25. The molecule has 0 N–H and O–H groups in total. The van der Waals surface area contributed by atoms with E-state index in [1.165, 1.54) is 0 Å². The monoisotopic (exact) mass is 393 g/mol. The van der Waals surface area contributed by atoms with E-state index < -0.39 is 12.3 Å². The highest BCUT2D eigenvalue weighted by atomic mass is 19.1. The Kier molecular flexibility index (Phi) is 8.85. The summed E-state index contributed by atoms with van der Waals surface area (Å²) in [5, 5.41) is 0. The first-order valence-corrected chi connectivity index (χ1v) is 10.0. The molecule has 1 heterocycles. The minimum absolute atomic E-state index is 0.0470. The number of hydrogen-bond acceptors (Lipinski definition) is 4. The lowest BCUT2D eigenvalue weighted by molar-refractivity contribution is 0.0249. The average molecular weight is 393 g/mol. The van der Waals surface area contributed by atoms with E-state index in [2.05, 4.69) is 11.8 Å². The SMILES string of the molecule is CC(C)(C)OC(=O)N1CCCC(COC2C#CC/C=C(/OCCF)C=C2)CC1. The molecule has 1 fully saturated rings. The third kappa shape index (κ3) is 8.35.